The van der Waals surface area contributed by atoms with Crippen LogP contribution in [0.2, 0.25) is 0 Å². The fourth-order valence-corrected chi connectivity index (χ4v) is 1.90. The molecular formula is C14H13BrN4O2. The van der Waals surface area contributed by atoms with Gasteiger partial charge in [0.1, 0.15) is 5.69 Å². The fraction of sp³-hybridized carbons (Fsp3) is 0.0714. The maximum absolute atomic E-state index is 12.1. The van der Waals surface area contributed by atoms with Crippen molar-refractivity contribution >= 4 is 33.4 Å². The Morgan fingerprint density at radius 1 is 1.38 bits per heavy atom. The number of carbonyl (C=O) groups is 1. The maximum atomic E-state index is 12.1. The number of carbonyl (C=O) groups excluding carboxylic acids is 1. The molecule has 0 fully saturated rings. The summed E-state index contributed by atoms with van der Waals surface area (Å²) in [6, 6.07) is 8.57. The van der Waals surface area contributed by atoms with Crippen molar-refractivity contribution in [3.63, 3.8) is 0 Å². The van der Waals surface area contributed by atoms with E-state index in [0.717, 1.165) is 10.0 Å². The second kappa shape index (κ2) is 6.36. The van der Waals surface area contributed by atoms with Crippen molar-refractivity contribution in [1.82, 2.24) is 4.98 Å². The first kappa shape index (κ1) is 15.0. The highest BCUT2D eigenvalue weighted by atomic mass is 79.9. The molecule has 6 nitrogen and oxygen atoms in total. The summed E-state index contributed by atoms with van der Waals surface area (Å²) in [7, 11) is 0. The molecule has 1 amide bonds. The van der Waals surface area contributed by atoms with E-state index >= 15 is 0 Å². The molecule has 0 radical (unpaired) electrons. The van der Waals surface area contributed by atoms with E-state index in [4.69, 9.17) is 10.9 Å². The number of amides is 1. The van der Waals surface area contributed by atoms with Gasteiger partial charge in [0.15, 0.2) is 5.84 Å². The monoisotopic (exact) mass is 348 g/mol. The number of halogens is 1. The van der Waals surface area contributed by atoms with Crippen LogP contribution in [0, 0.1) is 6.92 Å². The number of benzene rings is 1. The lowest BCUT2D eigenvalue weighted by molar-refractivity contribution is 0.102. The molecule has 0 saturated heterocycles. The molecule has 2 aromatic rings. The van der Waals surface area contributed by atoms with Crippen molar-refractivity contribution in [2.45, 2.75) is 6.92 Å². The van der Waals surface area contributed by atoms with Crippen LogP contribution in [0.1, 0.15) is 21.6 Å². The Kier molecular flexibility index (Phi) is 4.54. The molecule has 0 saturated carbocycles. The third kappa shape index (κ3) is 3.57. The van der Waals surface area contributed by atoms with Crippen molar-refractivity contribution in [3.05, 3.63) is 57.8 Å². The van der Waals surface area contributed by atoms with Gasteiger partial charge in [0, 0.05) is 21.9 Å². The minimum absolute atomic E-state index is 0.0574. The molecule has 2 rings (SSSR count). The number of nitrogens with one attached hydrogen (secondary N) is 1. The molecule has 1 aromatic heterocycles. The summed E-state index contributed by atoms with van der Waals surface area (Å²) in [5, 5.41) is 14.2. The van der Waals surface area contributed by atoms with E-state index in [1.54, 1.807) is 12.1 Å². The Labute approximate surface area is 129 Å². The first-order valence-electron chi connectivity index (χ1n) is 6.02. The zero-order valence-corrected chi connectivity index (χ0v) is 12.8. The first-order chi connectivity index (χ1) is 10.0. The highest BCUT2D eigenvalue weighted by molar-refractivity contribution is 9.10. The third-order valence-corrected chi connectivity index (χ3v) is 3.71. The van der Waals surface area contributed by atoms with Gasteiger partial charge < -0.3 is 16.3 Å². The summed E-state index contributed by atoms with van der Waals surface area (Å²) in [6.07, 6.45) is 1.37. The van der Waals surface area contributed by atoms with Gasteiger partial charge in [0.05, 0.1) is 0 Å². The Balaban J connectivity index is 2.14. The lowest BCUT2D eigenvalue weighted by Crippen LogP contribution is -2.16. The second-order valence-corrected chi connectivity index (χ2v) is 5.19. The maximum Gasteiger partial charge on any atom is 0.274 e. The van der Waals surface area contributed by atoms with Gasteiger partial charge in [-0.25, -0.2) is 0 Å². The van der Waals surface area contributed by atoms with Crippen LogP contribution in [0.3, 0.4) is 0 Å². The fourth-order valence-electron chi connectivity index (χ4n) is 1.66. The Morgan fingerprint density at radius 3 is 2.71 bits per heavy atom. The topological polar surface area (TPSA) is 101 Å². The number of hydrogen-bond donors (Lipinski definition) is 3. The summed E-state index contributed by atoms with van der Waals surface area (Å²) < 4.78 is 0.974. The zero-order chi connectivity index (χ0) is 15.4. The second-order valence-electron chi connectivity index (χ2n) is 4.34. The van der Waals surface area contributed by atoms with Gasteiger partial charge in [-0.05, 0) is 42.8 Å². The van der Waals surface area contributed by atoms with E-state index < -0.39 is 0 Å². The predicted molar refractivity (Wildman–Crippen MR) is 83.6 cm³/mol. The zero-order valence-electron chi connectivity index (χ0n) is 11.2. The van der Waals surface area contributed by atoms with Gasteiger partial charge in [-0.3, -0.25) is 9.78 Å². The predicted octanol–water partition coefficient (Wildman–Crippen LogP) is 2.50. The molecule has 0 aliphatic carbocycles. The summed E-state index contributed by atoms with van der Waals surface area (Å²) >= 11 is 3.40. The number of nitrogens with two attached hydrogens (primary N) is 1. The summed E-state index contributed by atoms with van der Waals surface area (Å²) in [5.41, 5.74) is 7.81. The van der Waals surface area contributed by atoms with Crippen molar-refractivity contribution in [3.8, 4) is 0 Å². The van der Waals surface area contributed by atoms with E-state index in [-0.39, 0.29) is 17.4 Å². The van der Waals surface area contributed by atoms with Crippen LogP contribution in [-0.2, 0) is 0 Å². The first-order valence-corrected chi connectivity index (χ1v) is 6.82. The minimum atomic E-state index is -0.331. The quantitative estimate of drug-likeness (QED) is 0.343. The number of rotatable bonds is 3. The number of aryl methyl sites for hydroxylation is 1. The van der Waals surface area contributed by atoms with Gasteiger partial charge in [-0.1, -0.05) is 21.1 Å². The molecule has 7 heteroatoms. The number of amidine groups is 1. The molecule has 0 aliphatic heterocycles. The number of pyridine rings is 1. The molecule has 1 heterocycles. The third-order valence-electron chi connectivity index (χ3n) is 2.82. The largest absolute Gasteiger partial charge is 0.409 e. The average Bonchev–Trinajstić information content (AvgIpc) is 2.50. The van der Waals surface area contributed by atoms with Crippen LogP contribution >= 0.6 is 15.9 Å². The molecule has 4 N–H and O–H groups in total. The van der Waals surface area contributed by atoms with Crippen LogP contribution < -0.4 is 11.1 Å². The molecule has 0 unspecified atom stereocenters. The van der Waals surface area contributed by atoms with Crippen molar-refractivity contribution in [1.29, 1.82) is 0 Å². The number of hydrogen-bond acceptors (Lipinski definition) is 4. The lowest BCUT2D eigenvalue weighted by atomic mass is 10.2. The number of anilines is 1. The Hall–Kier alpha value is -2.41. The van der Waals surface area contributed by atoms with Crippen LogP contribution in [0.5, 0.6) is 0 Å². The van der Waals surface area contributed by atoms with Crippen LogP contribution in [-0.4, -0.2) is 21.9 Å². The van der Waals surface area contributed by atoms with Crippen molar-refractivity contribution in [2.24, 2.45) is 10.9 Å². The van der Waals surface area contributed by atoms with Gasteiger partial charge in [-0.15, -0.1) is 0 Å². The molecule has 1 aromatic carbocycles. The van der Waals surface area contributed by atoms with E-state index in [1.165, 1.54) is 12.3 Å². The van der Waals surface area contributed by atoms with Crippen molar-refractivity contribution < 1.29 is 10.0 Å². The normalized spacial score (nSPS) is 11.2. The van der Waals surface area contributed by atoms with Gasteiger partial charge in [0.25, 0.3) is 5.91 Å². The Morgan fingerprint density at radius 2 is 2.14 bits per heavy atom. The molecular weight excluding hydrogens is 336 g/mol. The molecule has 0 spiro atoms. The molecule has 0 aliphatic rings. The van der Waals surface area contributed by atoms with E-state index in [1.807, 2.05) is 19.1 Å². The van der Waals surface area contributed by atoms with Crippen LogP contribution in [0.4, 0.5) is 5.69 Å². The standard InChI is InChI=1S/C14H13BrN4O2/c1-8-6-10(3-4-11(8)15)18-14(20)12-5-2-9(7-17-12)13(16)19-21/h2-7,21H,1H3,(H2,16,19)(H,18,20). The highest BCUT2D eigenvalue weighted by Crippen LogP contribution is 2.20. The summed E-state index contributed by atoms with van der Waals surface area (Å²) in [5.74, 6) is -0.388. The number of oxime groups is 1. The van der Waals surface area contributed by atoms with Gasteiger partial charge in [0.2, 0.25) is 0 Å². The summed E-state index contributed by atoms with van der Waals surface area (Å²) in [4.78, 5) is 16.1. The SMILES string of the molecule is Cc1cc(NC(=O)c2ccc(C(N)=NO)cn2)ccc1Br. The van der Waals surface area contributed by atoms with Gasteiger partial charge in [-0.2, -0.15) is 0 Å². The molecule has 108 valence electrons. The smallest absolute Gasteiger partial charge is 0.274 e. The highest BCUT2D eigenvalue weighted by Gasteiger charge is 2.09. The average molecular weight is 349 g/mol. The molecule has 0 bridgehead atoms. The van der Waals surface area contributed by atoms with E-state index in [2.05, 4.69) is 31.4 Å². The van der Waals surface area contributed by atoms with E-state index in [0.29, 0.717) is 11.3 Å². The van der Waals surface area contributed by atoms with E-state index in [9.17, 15) is 4.79 Å². The number of aromatic nitrogens is 1. The summed E-state index contributed by atoms with van der Waals surface area (Å²) in [6.45, 7) is 1.93. The van der Waals surface area contributed by atoms with Crippen LogP contribution in [0.25, 0.3) is 0 Å². The molecule has 0 atom stereocenters. The van der Waals surface area contributed by atoms with Crippen LogP contribution in [0.15, 0.2) is 46.2 Å². The lowest BCUT2D eigenvalue weighted by Gasteiger charge is -2.07. The Bertz CT molecular complexity index is 699. The van der Waals surface area contributed by atoms with Crippen molar-refractivity contribution in [2.75, 3.05) is 5.32 Å². The number of nitrogens with zero attached hydrogens (tertiary/aromatic N) is 2. The molecule has 21 heavy (non-hydrogen) atoms. The van der Waals surface area contributed by atoms with Gasteiger partial charge >= 0.3 is 0 Å². The minimum Gasteiger partial charge on any atom is -0.409 e.